The third kappa shape index (κ3) is 3.41. The molecule has 0 radical (unpaired) electrons. The molecule has 23 heavy (non-hydrogen) atoms. The molecular weight excluding hydrogens is 335 g/mol. The highest BCUT2D eigenvalue weighted by molar-refractivity contribution is 6.42. The van der Waals surface area contributed by atoms with Gasteiger partial charge in [0.25, 0.3) is 0 Å². The number of methoxy groups -OCH3 is 1. The van der Waals surface area contributed by atoms with Crippen LogP contribution in [0.4, 0.5) is 0 Å². The van der Waals surface area contributed by atoms with E-state index in [1.165, 1.54) is 0 Å². The van der Waals surface area contributed by atoms with E-state index < -0.39 is 5.97 Å². The zero-order valence-electron chi connectivity index (χ0n) is 12.2. The van der Waals surface area contributed by atoms with E-state index >= 15 is 0 Å². The molecule has 1 aliphatic rings. The predicted octanol–water partition coefficient (Wildman–Crippen LogP) is 4.98. The van der Waals surface area contributed by atoms with E-state index in [4.69, 9.17) is 32.7 Å². The second kappa shape index (κ2) is 6.49. The summed E-state index contributed by atoms with van der Waals surface area (Å²) in [4.78, 5) is 12.0. The van der Waals surface area contributed by atoms with Gasteiger partial charge in [0, 0.05) is 5.56 Å². The number of benzene rings is 2. The van der Waals surface area contributed by atoms with Crippen molar-refractivity contribution in [2.45, 2.75) is 0 Å². The number of ether oxygens (including phenoxy) is 2. The summed E-state index contributed by atoms with van der Waals surface area (Å²) in [5.74, 6) is 0.844. The van der Waals surface area contributed by atoms with E-state index in [0.717, 1.165) is 16.9 Å². The quantitative estimate of drug-likeness (QED) is 0.580. The minimum absolute atomic E-state index is 0.401. The van der Waals surface area contributed by atoms with Gasteiger partial charge in [0.2, 0.25) is 0 Å². The van der Waals surface area contributed by atoms with Gasteiger partial charge in [-0.1, -0.05) is 29.3 Å². The normalized spacial score (nSPS) is 15.5. The van der Waals surface area contributed by atoms with Crippen LogP contribution in [0.15, 0.2) is 54.1 Å². The van der Waals surface area contributed by atoms with E-state index in [9.17, 15) is 4.79 Å². The first-order chi connectivity index (χ1) is 11.1. The third-order valence-electron chi connectivity index (χ3n) is 3.37. The Hall–Kier alpha value is -2.23. The Labute approximate surface area is 143 Å². The molecule has 0 fully saturated rings. The van der Waals surface area contributed by atoms with Crippen LogP contribution in [0.1, 0.15) is 11.1 Å². The summed E-state index contributed by atoms with van der Waals surface area (Å²) in [6.45, 7) is 0. The maximum Gasteiger partial charge on any atom is 0.343 e. The Morgan fingerprint density at radius 3 is 2.43 bits per heavy atom. The SMILES string of the molecule is COc1ccc(C2=C/C(=C/c3ccc(Cl)c(Cl)c3)C(=O)O2)cc1. The van der Waals surface area contributed by atoms with Crippen LogP contribution in [0, 0.1) is 0 Å². The number of hydrogen-bond donors (Lipinski definition) is 0. The highest BCUT2D eigenvalue weighted by Crippen LogP contribution is 2.29. The minimum Gasteiger partial charge on any atom is -0.497 e. The molecule has 2 aromatic carbocycles. The lowest BCUT2D eigenvalue weighted by Gasteiger charge is -2.03. The van der Waals surface area contributed by atoms with Crippen LogP contribution in [0.5, 0.6) is 5.75 Å². The fourth-order valence-corrected chi connectivity index (χ4v) is 2.47. The van der Waals surface area contributed by atoms with Crippen LogP contribution in [0.2, 0.25) is 10.0 Å². The molecule has 0 aromatic heterocycles. The molecule has 3 nitrogen and oxygen atoms in total. The maximum absolute atomic E-state index is 12.0. The lowest BCUT2D eigenvalue weighted by molar-refractivity contribution is -0.130. The van der Waals surface area contributed by atoms with Crippen molar-refractivity contribution in [3.63, 3.8) is 0 Å². The Bertz CT molecular complexity index is 821. The van der Waals surface area contributed by atoms with Crippen LogP contribution in [0.3, 0.4) is 0 Å². The Morgan fingerprint density at radius 2 is 1.78 bits per heavy atom. The van der Waals surface area contributed by atoms with E-state index in [-0.39, 0.29) is 0 Å². The third-order valence-corrected chi connectivity index (χ3v) is 4.10. The molecule has 0 saturated heterocycles. The van der Waals surface area contributed by atoms with Crippen molar-refractivity contribution in [3.8, 4) is 5.75 Å². The lowest BCUT2D eigenvalue weighted by Crippen LogP contribution is -1.97. The fraction of sp³-hybridized carbons (Fsp3) is 0.0556. The van der Waals surface area contributed by atoms with Gasteiger partial charge in [0.15, 0.2) is 0 Å². The summed E-state index contributed by atoms with van der Waals surface area (Å²) >= 11 is 11.9. The van der Waals surface area contributed by atoms with Gasteiger partial charge in [-0.25, -0.2) is 4.79 Å². The molecule has 0 spiro atoms. The Morgan fingerprint density at radius 1 is 1.04 bits per heavy atom. The van der Waals surface area contributed by atoms with Crippen molar-refractivity contribution in [2.75, 3.05) is 7.11 Å². The van der Waals surface area contributed by atoms with Gasteiger partial charge < -0.3 is 9.47 Å². The van der Waals surface area contributed by atoms with Crippen LogP contribution in [-0.2, 0) is 9.53 Å². The number of carbonyl (C=O) groups excluding carboxylic acids is 1. The van der Waals surface area contributed by atoms with Gasteiger partial charge in [0.1, 0.15) is 11.5 Å². The molecule has 1 heterocycles. The van der Waals surface area contributed by atoms with Crippen LogP contribution in [-0.4, -0.2) is 13.1 Å². The van der Waals surface area contributed by atoms with Crippen LogP contribution in [0.25, 0.3) is 11.8 Å². The molecule has 0 atom stereocenters. The van der Waals surface area contributed by atoms with Crippen molar-refractivity contribution >= 4 is 41.0 Å². The van der Waals surface area contributed by atoms with Gasteiger partial charge in [-0.2, -0.15) is 0 Å². The molecule has 5 heteroatoms. The summed E-state index contributed by atoms with van der Waals surface area (Å²) in [7, 11) is 1.60. The van der Waals surface area contributed by atoms with Gasteiger partial charge in [0.05, 0.1) is 22.7 Å². The molecule has 0 aliphatic carbocycles. The summed E-state index contributed by atoms with van der Waals surface area (Å²) in [6.07, 6.45) is 3.41. The summed E-state index contributed by atoms with van der Waals surface area (Å²) in [5.41, 5.74) is 2.03. The average Bonchev–Trinajstić information content (AvgIpc) is 2.92. The van der Waals surface area contributed by atoms with Crippen molar-refractivity contribution in [3.05, 3.63) is 75.3 Å². The van der Waals surface area contributed by atoms with Crippen molar-refractivity contribution in [2.24, 2.45) is 0 Å². The first-order valence-corrected chi connectivity index (χ1v) is 7.57. The predicted molar refractivity (Wildman–Crippen MR) is 91.5 cm³/mol. The number of hydrogen-bond acceptors (Lipinski definition) is 3. The lowest BCUT2D eigenvalue weighted by atomic mass is 10.1. The van der Waals surface area contributed by atoms with E-state index in [2.05, 4.69) is 0 Å². The summed E-state index contributed by atoms with van der Waals surface area (Å²) in [6, 6.07) is 12.5. The van der Waals surface area contributed by atoms with E-state index in [1.807, 2.05) is 24.3 Å². The Balaban J connectivity index is 1.90. The molecule has 1 aliphatic heterocycles. The molecule has 0 amide bonds. The minimum atomic E-state index is -0.401. The maximum atomic E-state index is 12.0. The van der Waals surface area contributed by atoms with E-state index in [0.29, 0.717) is 21.4 Å². The zero-order chi connectivity index (χ0) is 16.4. The first-order valence-electron chi connectivity index (χ1n) is 6.82. The first kappa shape index (κ1) is 15.7. The van der Waals surface area contributed by atoms with Gasteiger partial charge in [-0.15, -0.1) is 0 Å². The van der Waals surface area contributed by atoms with E-state index in [1.54, 1.807) is 37.5 Å². The summed E-state index contributed by atoms with van der Waals surface area (Å²) < 4.78 is 10.4. The molecule has 0 bridgehead atoms. The zero-order valence-corrected chi connectivity index (χ0v) is 13.7. The second-order valence-corrected chi connectivity index (χ2v) is 5.71. The van der Waals surface area contributed by atoms with Gasteiger partial charge >= 0.3 is 5.97 Å². The molecule has 0 N–H and O–H groups in total. The monoisotopic (exact) mass is 346 g/mol. The highest BCUT2D eigenvalue weighted by atomic mass is 35.5. The Kier molecular flexibility index (Phi) is 4.42. The van der Waals surface area contributed by atoms with Crippen LogP contribution >= 0.6 is 23.2 Å². The number of cyclic esters (lactones) is 1. The number of esters is 1. The average molecular weight is 347 g/mol. The standard InChI is InChI=1S/C18H12Cl2O3/c1-22-14-5-3-12(4-6-14)17-10-13(18(21)23-17)8-11-2-7-15(19)16(20)9-11/h2-10H,1H3/b13-8-. The van der Waals surface area contributed by atoms with Gasteiger partial charge in [-0.3, -0.25) is 0 Å². The van der Waals surface area contributed by atoms with Gasteiger partial charge in [-0.05, 0) is 54.1 Å². The molecule has 0 unspecified atom stereocenters. The molecular formula is C18H12Cl2O3. The van der Waals surface area contributed by atoms with Crippen LogP contribution < -0.4 is 4.74 Å². The number of rotatable bonds is 3. The van der Waals surface area contributed by atoms with Crippen molar-refractivity contribution in [1.82, 2.24) is 0 Å². The fourth-order valence-electron chi connectivity index (χ4n) is 2.17. The molecule has 0 saturated carbocycles. The number of halogens is 2. The topological polar surface area (TPSA) is 35.5 Å². The molecule has 2 aromatic rings. The van der Waals surface area contributed by atoms with Crippen molar-refractivity contribution < 1.29 is 14.3 Å². The molecule has 3 rings (SSSR count). The second-order valence-electron chi connectivity index (χ2n) is 4.90. The highest BCUT2D eigenvalue weighted by Gasteiger charge is 2.22. The largest absolute Gasteiger partial charge is 0.497 e. The number of carbonyl (C=O) groups is 1. The molecule has 116 valence electrons. The summed E-state index contributed by atoms with van der Waals surface area (Å²) in [5, 5.41) is 0.906. The van der Waals surface area contributed by atoms with Crippen molar-refractivity contribution in [1.29, 1.82) is 0 Å². The smallest absolute Gasteiger partial charge is 0.343 e.